The lowest BCUT2D eigenvalue weighted by Crippen LogP contribution is -2.21. The summed E-state index contributed by atoms with van der Waals surface area (Å²) in [5.41, 5.74) is 2.30. The van der Waals surface area contributed by atoms with E-state index in [2.05, 4.69) is 19.1 Å². The zero-order chi connectivity index (χ0) is 15.2. The molecule has 0 aliphatic carbocycles. The standard InChI is InChI=1S/C19H24O2/c1-14(2)19(20)15(3)17-9-11-18(12-10-17)21-13-16-7-5-4-6-8-16/h4-12,14-15,19-20H,13H2,1-3H3. The van der Waals surface area contributed by atoms with E-state index in [-0.39, 0.29) is 17.9 Å². The molecule has 2 rings (SSSR count). The van der Waals surface area contributed by atoms with Gasteiger partial charge in [-0.15, -0.1) is 0 Å². The smallest absolute Gasteiger partial charge is 0.119 e. The Morgan fingerprint density at radius 2 is 1.52 bits per heavy atom. The van der Waals surface area contributed by atoms with Gasteiger partial charge in [0.1, 0.15) is 12.4 Å². The van der Waals surface area contributed by atoms with E-state index in [9.17, 15) is 5.11 Å². The van der Waals surface area contributed by atoms with Crippen molar-refractivity contribution >= 4 is 0 Å². The number of hydrogen-bond acceptors (Lipinski definition) is 2. The van der Waals surface area contributed by atoms with Gasteiger partial charge in [-0.1, -0.05) is 63.2 Å². The summed E-state index contributed by atoms with van der Waals surface area (Å²) in [6.07, 6.45) is -0.318. The fourth-order valence-corrected chi connectivity index (χ4v) is 2.38. The van der Waals surface area contributed by atoms with Crippen LogP contribution in [0.2, 0.25) is 0 Å². The third kappa shape index (κ3) is 4.33. The maximum absolute atomic E-state index is 10.1. The van der Waals surface area contributed by atoms with Crippen LogP contribution in [-0.4, -0.2) is 11.2 Å². The lowest BCUT2D eigenvalue weighted by atomic mass is 9.89. The van der Waals surface area contributed by atoms with Crippen molar-refractivity contribution in [3.05, 3.63) is 65.7 Å². The Hall–Kier alpha value is -1.80. The summed E-state index contributed by atoms with van der Waals surface area (Å²) in [6.45, 7) is 6.71. The molecule has 1 N–H and O–H groups in total. The average molecular weight is 284 g/mol. The summed E-state index contributed by atoms with van der Waals surface area (Å²) in [5, 5.41) is 10.1. The van der Waals surface area contributed by atoms with Gasteiger partial charge in [0.05, 0.1) is 6.10 Å². The fourth-order valence-electron chi connectivity index (χ4n) is 2.38. The van der Waals surface area contributed by atoms with Gasteiger partial charge in [-0.3, -0.25) is 0 Å². The zero-order valence-electron chi connectivity index (χ0n) is 13.0. The molecule has 0 aromatic heterocycles. The second-order valence-corrected chi connectivity index (χ2v) is 5.87. The van der Waals surface area contributed by atoms with E-state index in [1.54, 1.807) is 0 Å². The summed E-state index contributed by atoms with van der Waals surface area (Å²) >= 11 is 0. The van der Waals surface area contributed by atoms with Crippen molar-refractivity contribution in [3.8, 4) is 5.75 Å². The molecule has 2 atom stereocenters. The molecule has 2 aromatic carbocycles. The minimum Gasteiger partial charge on any atom is -0.489 e. The van der Waals surface area contributed by atoms with Gasteiger partial charge in [-0.2, -0.15) is 0 Å². The number of ether oxygens (including phenoxy) is 1. The van der Waals surface area contributed by atoms with Gasteiger partial charge >= 0.3 is 0 Å². The minimum absolute atomic E-state index is 0.133. The highest BCUT2D eigenvalue weighted by atomic mass is 16.5. The third-order valence-corrected chi connectivity index (χ3v) is 3.85. The van der Waals surface area contributed by atoms with Crippen LogP contribution in [0, 0.1) is 5.92 Å². The molecule has 0 heterocycles. The summed E-state index contributed by atoms with van der Waals surface area (Å²) in [5.74, 6) is 1.25. The first-order valence-corrected chi connectivity index (χ1v) is 7.52. The van der Waals surface area contributed by atoms with Gasteiger partial charge in [-0.25, -0.2) is 0 Å². The van der Waals surface area contributed by atoms with E-state index < -0.39 is 0 Å². The highest BCUT2D eigenvalue weighted by Crippen LogP contribution is 2.25. The molecule has 112 valence electrons. The van der Waals surface area contributed by atoms with Crippen LogP contribution in [0.5, 0.6) is 5.75 Å². The number of rotatable bonds is 6. The molecule has 0 amide bonds. The molecule has 2 unspecified atom stereocenters. The Labute approximate surface area is 127 Å². The average Bonchev–Trinajstić information content (AvgIpc) is 2.53. The van der Waals surface area contributed by atoms with Crippen LogP contribution >= 0.6 is 0 Å². The summed E-state index contributed by atoms with van der Waals surface area (Å²) in [7, 11) is 0. The van der Waals surface area contributed by atoms with Crippen LogP contribution < -0.4 is 4.74 Å². The van der Waals surface area contributed by atoms with E-state index in [4.69, 9.17) is 4.74 Å². The van der Waals surface area contributed by atoms with Crippen LogP contribution in [0.15, 0.2) is 54.6 Å². The quantitative estimate of drug-likeness (QED) is 0.852. The highest BCUT2D eigenvalue weighted by Gasteiger charge is 2.19. The number of benzene rings is 2. The molecule has 0 saturated heterocycles. The molecular weight excluding hydrogens is 260 g/mol. The van der Waals surface area contributed by atoms with Gasteiger partial charge < -0.3 is 9.84 Å². The largest absolute Gasteiger partial charge is 0.489 e. The maximum atomic E-state index is 10.1. The molecule has 0 bridgehead atoms. The predicted octanol–water partition coefficient (Wildman–Crippen LogP) is 4.39. The predicted molar refractivity (Wildman–Crippen MR) is 86.5 cm³/mol. The lowest BCUT2D eigenvalue weighted by Gasteiger charge is -2.22. The van der Waals surface area contributed by atoms with E-state index in [0.29, 0.717) is 6.61 Å². The van der Waals surface area contributed by atoms with Gasteiger partial charge in [-0.05, 0) is 29.2 Å². The highest BCUT2D eigenvalue weighted by molar-refractivity contribution is 5.30. The first-order chi connectivity index (χ1) is 10.1. The van der Waals surface area contributed by atoms with Crippen molar-refractivity contribution in [1.82, 2.24) is 0 Å². The molecule has 2 aromatic rings. The SMILES string of the molecule is CC(C)C(O)C(C)c1ccc(OCc2ccccc2)cc1. The van der Waals surface area contributed by atoms with Crippen LogP contribution in [0.25, 0.3) is 0 Å². The van der Waals surface area contributed by atoms with E-state index in [1.807, 2.05) is 56.3 Å². The molecular formula is C19H24O2. The van der Waals surface area contributed by atoms with Crippen molar-refractivity contribution < 1.29 is 9.84 Å². The minimum atomic E-state index is -0.318. The van der Waals surface area contributed by atoms with E-state index in [1.165, 1.54) is 0 Å². The Morgan fingerprint density at radius 1 is 0.905 bits per heavy atom. The maximum Gasteiger partial charge on any atom is 0.119 e. The van der Waals surface area contributed by atoms with Gasteiger partial charge in [0.2, 0.25) is 0 Å². The lowest BCUT2D eigenvalue weighted by molar-refractivity contribution is 0.102. The normalized spacial score (nSPS) is 14.0. The van der Waals surface area contributed by atoms with Gasteiger partial charge in [0, 0.05) is 5.92 Å². The van der Waals surface area contributed by atoms with Crippen molar-refractivity contribution in [2.24, 2.45) is 5.92 Å². The number of aliphatic hydroxyl groups excluding tert-OH is 1. The van der Waals surface area contributed by atoms with Crippen molar-refractivity contribution in [2.75, 3.05) is 0 Å². The van der Waals surface area contributed by atoms with E-state index >= 15 is 0 Å². The molecule has 0 aliphatic rings. The first-order valence-electron chi connectivity index (χ1n) is 7.52. The second-order valence-electron chi connectivity index (χ2n) is 5.87. The monoisotopic (exact) mass is 284 g/mol. The van der Waals surface area contributed by atoms with Crippen molar-refractivity contribution in [2.45, 2.75) is 39.4 Å². The number of aliphatic hydroxyl groups is 1. The topological polar surface area (TPSA) is 29.5 Å². The second kappa shape index (κ2) is 7.28. The Balaban J connectivity index is 1.96. The molecule has 2 heteroatoms. The molecule has 21 heavy (non-hydrogen) atoms. The van der Waals surface area contributed by atoms with E-state index in [0.717, 1.165) is 16.9 Å². The first kappa shape index (κ1) is 15.6. The van der Waals surface area contributed by atoms with Crippen LogP contribution in [0.1, 0.15) is 37.8 Å². The molecule has 0 saturated carbocycles. The Bertz CT molecular complexity index is 531. The van der Waals surface area contributed by atoms with Gasteiger partial charge in [0.15, 0.2) is 0 Å². The Morgan fingerprint density at radius 3 is 2.10 bits per heavy atom. The number of hydrogen-bond donors (Lipinski definition) is 1. The Kier molecular flexibility index (Phi) is 5.40. The molecule has 0 spiro atoms. The van der Waals surface area contributed by atoms with Crippen LogP contribution in [0.3, 0.4) is 0 Å². The summed E-state index contributed by atoms with van der Waals surface area (Å²) in [6, 6.07) is 18.1. The molecule has 0 aliphatic heterocycles. The molecule has 2 nitrogen and oxygen atoms in total. The zero-order valence-corrected chi connectivity index (χ0v) is 13.0. The third-order valence-electron chi connectivity index (χ3n) is 3.85. The van der Waals surface area contributed by atoms with Crippen molar-refractivity contribution in [1.29, 1.82) is 0 Å². The van der Waals surface area contributed by atoms with Gasteiger partial charge in [0.25, 0.3) is 0 Å². The van der Waals surface area contributed by atoms with Crippen LogP contribution in [0.4, 0.5) is 0 Å². The molecule has 0 fully saturated rings. The van der Waals surface area contributed by atoms with Crippen LogP contribution in [-0.2, 0) is 6.61 Å². The summed E-state index contributed by atoms with van der Waals surface area (Å²) in [4.78, 5) is 0. The summed E-state index contributed by atoms with van der Waals surface area (Å²) < 4.78 is 5.77. The van der Waals surface area contributed by atoms with Crippen molar-refractivity contribution in [3.63, 3.8) is 0 Å². The fraction of sp³-hybridized carbons (Fsp3) is 0.368. The molecule has 0 radical (unpaired) electrons.